The van der Waals surface area contributed by atoms with Crippen molar-refractivity contribution in [1.29, 1.82) is 0 Å². The van der Waals surface area contributed by atoms with Crippen molar-refractivity contribution in [2.24, 2.45) is 5.41 Å². The quantitative estimate of drug-likeness (QED) is 0.700. The van der Waals surface area contributed by atoms with Gasteiger partial charge in [0, 0.05) is 19.0 Å². The Morgan fingerprint density at radius 2 is 2.11 bits per heavy atom. The second-order valence-electron chi connectivity index (χ2n) is 4.81. The van der Waals surface area contributed by atoms with Crippen LogP contribution in [-0.4, -0.2) is 42.3 Å². The SMILES string of the molecule is CC(CCC(=O)O)NC(=O)C1(C(F)(F)F)CCNC1. The van der Waals surface area contributed by atoms with Crippen LogP contribution < -0.4 is 10.6 Å². The first-order valence-corrected chi connectivity index (χ1v) is 5.99. The van der Waals surface area contributed by atoms with E-state index in [4.69, 9.17) is 5.11 Å². The molecule has 1 aliphatic heterocycles. The molecule has 2 unspecified atom stereocenters. The lowest BCUT2D eigenvalue weighted by Crippen LogP contribution is -2.54. The lowest BCUT2D eigenvalue weighted by molar-refractivity contribution is -0.216. The Balaban J connectivity index is 2.66. The first-order valence-electron chi connectivity index (χ1n) is 5.99. The normalized spacial score (nSPS) is 25.1. The molecule has 1 amide bonds. The van der Waals surface area contributed by atoms with Gasteiger partial charge in [0.1, 0.15) is 0 Å². The zero-order valence-electron chi connectivity index (χ0n) is 10.5. The summed E-state index contributed by atoms with van der Waals surface area (Å²) in [6.45, 7) is 1.19. The number of amides is 1. The summed E-state index contributed by atoms with van der Waals surface area (Å²) in [4.78, 5) is 22.2. The smallest absolute Gasteiger partial charge is 0.404 e. The van der Waals surface area contributed by atoms with Crippen molar-refractivity contribution in [2.45, 2.75) is 38.4 Å². The summed E-state index contributed by atoms with van der Waals surface area (Å²) >= 11 is 0. The number of rotatable bonds is 5. The summed E-state index contributed by atoms with van der Waals surface area (Å²) in [5.41, 5.74) is -2.40. The van der Waals surface area contributed by atoms with Crippen LogP contribution in [0.15, 0.2) is 0 Å². The molecule has 0 radical (unpaired) electrons. The van der Waals surface area contributed by atoms with Crippen LogP contribution >= 0.6 is 0 Å². The zero-order chi connectivity index (χ0) is 14.7. The van der Waals surface area contributed by atoms with Crippen LogP contribution in [0.4, 0.5) is 13.2 Å². The molecule has 3 N–H and O–H groups in total. The third kappa shape index (κ3) is 3.59. The molecule has 0 spiro atoms. The van der Waals surface area contributed by atoms with E-state index in [1.165, 1.54) is 6.92 Å². The van der Waals surface area contributed by atoms with E-state index >= 15 is 0 Å². The van der Waals surface area contributed by atoms with Gasteiger partial charge in [-0.3, -0.25) is 9.59 Å². The highest BCUT2D eigenvalue weighted by atomic mass is 19.4. The van der Waals surface area contributed by atoms with Crippen LogP contribution in [-0.2, 0) is 9.59 Å². The summed E-state index contributed by atoms with van der Waals surface area (Å²) in [6, 6.07) is -0.608. The van der Waals surface area contributed by atoms with E-state index < -0.39 is 36.1 Å². The largest absolute Gasteiger partial charge is 0.481 e. The Hall–Kier alpha value is -1.31. The lowest BCUT2D eigenvalue weighted by atomic mass is 9.85. The monoisotopic (exact) mass is 282 g/mol. The van der Waals surface area contributed by atoms with Crippen LogP contribution in [0.5, 0.6) is 0 Å². The van der Waals surface area contributed by atoms with Gasteiger partial charge in [0.2, 0.25) is 5.91 Å². The maximum Gasteiger partial charge on any atom is 0.404 e. The molecule has 1 fully saturated rings. The summed E-state index contributed by atoms with van der Waals surface area (Å²) in [6.07, 6.45) is -5.01. The van der Waals surface area contributed by atoms with Gasteiger partial charge in [-0.2, -0.15) is 13.2 Å². The minimum Gasteiger partial charge on any atom is -0.481 e. The average molecular weight is 282 g/mol. The average Bonchev–Trinajstić information content (AvgIpc) is 2.75. The van der Waals surface area contributed by atoms with Crippen molar-refractivity contribution in [3.05, 3.63) is 0 Å². The number of alkyl halides is 3. The Kier molecular flexibility index (Phi) is 4.78. The zero-order valence-corrected chi connectivity index (χ0v) is 10.5. The van der Waals surface area contributed by atoms with E-state index in [0.29, 0.717) is 0 Å². The van der Waals surface area contributed by atoms with Crippen LogP contribution in [0, 0.1) is 5.41 Å². The van der Waals surface area contributed by atoms with Crippen LogP contribution in [0.25, 0.3) is 0 Å². The molecule has 19 heavy (non-hydrogen) atoms. The Morgan fingerprint density at radius 1 is 1.47 bits per heavy atom. The molecule has 0 aromatic rings. The number of carboxylic acid groups (broad SMARTS) is 1. The molecule has 0 bridgehead atoms. The molecular formula is C11H17F3N2O3. The van der Waals surface area contributed by atoms with Crippen molar-refractivity contribution in [3.8, 4) is 0 Å². The first-order chi connectivity index (χ1) is 8.69. The van der Waals surface area contributed by atoms with Crippen molar-refractivity contribution in [3.63, 3.8) is 0 Å². The van der Waals surface area contributed by atoms with Gasteiger partial charge in [-0.1, -0.05) is 0 Å². The summed E-state index contributed by atoms with van der Waals surface area (Å²) in [5, 5.41) is 13.3. The molecule has 1 saturated heterocycles. The second kappa shape index (κ2) is 5.77. The Bertz CT molecular complexity index is 352. The van der Waals surface area contributed by atoms with Crippen molar-refractivity contribution in [2.75, 3.05) is 13.1 Å². The molecule has 1 rings (SSSR count). The number of carboxylic acids is 1. The van der Waals surface area contributed by atoms with E-state index in [2.05, 4.69) is 10.6 Å². The summed E-state index contributed by atoms with van der Waals surface area (Å²) < 4.78 is 39.1. The fraction of sp³-hybridized carbons (Fsp3) is 0.818. The van der Waals surface area contributed by atoms with E-state index in [0.717, 1.165) is 0 Å². The van der Waals surface area contributed by atoms with Crippen LogP contribution in [0.3, 0.4) is 0 Å². The fourth-order valence-electron chi connectivity index (χ4n) is 2.03. The number of hydrogen-bond acceptors (Lipinski definition) is 3. The van der Waals surface area contributed by atoms with Crippen molar-refractivity contribution >= 4 is 11.9 Å². The topological polar surface area (TPSA) is 78.4 Å². The molecule has 0 aromatic carbocycles. The van der Waals surface area contributed by atoms with Gasteiger partial charge in [0.15, 0.2) is 5.41 Å². The van der Waals surface area contributed by atoms with E-state index in [1.807, 2.05) is 0 Å². The van der Waals surface area contributed by atoms with Crippen molar-refractivity contribution < 1.29 is 27.9 Å². The molecular weight excluding hydrogens is 265 g/mol. The van der Waals surface area contributed by atoms with Crippen LogP contribution in [0.1, 0.15) is 26.2 Å². The number of aliphatic carboxylic acids is 1. The third-order valence-corrected chi connectivity index (χ3v) is 3.30. The molecule has 1 aliphatic rings. The number of carbonyl (C=O) groups excluding carboxylic acids is 1. The molecule has 1 heterocycles. The summed E-state index contributed by atoms with van der Waals surface area (Å²) in [7, 11) is 0. The number of halogens is 3. The van der Waals surface area contributed by atoms with Gasteiger partial charge in [0.05, 0.1) is 0 Å². The van der Waals surface area contributed by atoms with Gasteiger partial charge < -0.3 is 15.7 Å². The fourth-order valence-corrected chi connectivity index (χ4v) is 2.03. The van der Waals surface area contributed by atoms with Gasteiger partial charge in [-0.25, -0.2) is 0 Å². The molecule has 110 valence electrons. The van der Waals surface area contributed by atoms with Crippen molar-refractivity contribution in [1.82, 2.24) is 10.6 Å². The molecule has 0 saturated carbocycles. The second-order valence-corrected chi connectivity index (χ2v) is 4.81. The summed E-state index contributed by atoms with van der Waals surface area (Å²) in [5.74, 6) is -2.13. The maximum absolute atomic E-state index is 13.0. The molecule has 0 aliphatic carbocycles. The molecule has 2 atom stereocenters. The van der Waals surface area contributed by atoms with E-state index in [1.54, 1.807) is 0 Å². The molecule has 8 heteroatoms. The number of carbonyl (C=O) groups is 2. The van der Waals surface area contributed by atoms with Gasteiger partial charge in [0.25, 0.3) is 0 Å². The minimum atomic E-state index is -4.62. The maximum atomic E-state index is 13.0. The highest BCUT2D eigenvalue weighted by molar-refractivity contribution is 5.84. The predicted molar refractivity (Wildman–Crippen MR) is 60.4 cm³/mol. The first kappa shape index (κ1) is 15.7. The highest BCUT2D eigenvalue weighted by Gasteiger charge is 2.61. The number of nitrogens with one attached hydrogen (secondary N) is 2. The predicted octanol–water partition coefficient (Wildman–Crippen LogP) is 0.898. The van der Waals surface area contributed by atoms with Gasteiger partial charge >= 0.3 is 12.1 Å². The number of hydrogen-bond donors (Lipinski definition) is 3. The lowest BCUT2D eigenvalue weighted by Gasteiger charge is -2.30. The Labute approximate surface area is 108 Å². The highest BCUT2D eigenvalue weighted by Crippen LogP contribution is 2.43. The van der Waals surface area contributed by atoms with Crippen LogP contribution in [0.2, 0.25) is 0 Å². The molecule has 0 aromatic heterocycles. The van der Waals surface area contributed by atoms with E-state index in [-0.39, 0.29) is 25.8 Å². The van der Waals surface area contributed by atoms with E-state index in [9.17, 15) is 22.8 Å². The minimum absolute atomic E-state index is 0.0996. The standard InChI is InChI=1S/C11H17F3N2O3/c1-7(2-3-8(17)18)16-9(19)10(11(12,13)14)4-5-15-6-10/h7,15H,2-6H2,1H3,(H,16,19)(H,17,18). The molecule has 5 nitrogen and oxygen atoms in total. The van der Waals surface area contributed by atoms with Gasteiger partial charge in [-0.05, 0) is 26.3 Å². The van der Waals surface area contributed by atoms with Gasteiger partial charge in [-0.15, -0.1) is 0 Å². The Morgan fingerprint density at radius 3 is 2.53 bits per heavy atom. The third-order valence-electron chi connectivity index (χ3n) is 3.30.